The molecule has 4 saturated heterocycles. The highest BCUT2D eigenvalue weighted by Crippen LogP contribution is 2.45. The number of aromatic hydroxyl groups is 1. The highest BCUT2D eigenvalue weighted by molar-refractivity contribution is 6.01. The Labute approximate surface area is 297 Å². The number of benzene rings is 2. The first-order chi connectivity index (χ1) is 24.9. The van der Waals surface area contributed by atoms with Crippen LogP contribution in [0.1, 0.15) is 56.2 Å². The molecule has 0 saturated carbocycles. The minimum atomic E-state index is -4.38. The molecular formula is C38H42F5N6O3+. The third-order valence-electron chi connectivity index (χ3n) is 12.5. The topological polar surface area (TPSA) is 86.9 Å². The maximum Gasteiger partial charge on any atom is 0.411 e. The molecule has 2 N–H and O–H groups in total. The second-order valence-electron chi connectivity index (χ2n) is 15.4. The molecule has 14 heteroatoms. The molecule has 5 atom stereocenters. The van der Waals surface area contributed by atoms with Crippen LogP contribution in [-0.4, -0.2) is 88.8 Å². The lowest BCUT2D eigenvalue weighted by atomic mass is 9.95. The third kappa shape index (κ3) is 5.46. The predicted octanol–water partition coefficient (Wildman–Crippen LogP) is 5.78. The van der Waals surface area contributed by atoms with Gasteiger partial charge in [0.05, 0.1) is 17.7 Å². The van der Waals surface area contributed by atoms with Crippen LogP contribution < -0.4 is 19.5 Å². The second kappa shape index (κ2) is 12.3. The number of nitrogens with zero attached hydrogens (tertiary/aromatic N) is 5. The highest BCUT2D eigenvalue weighted by Gasteiger charge is 2.50. The first-order valence-corrected chi connectivity index (χ1v) is 18.3. The van der Waals surface area contributed by atoms with Gasteiger partial charge in [-0.05, 0) is 87.6 Å². The molecule has 2 bridgehead atoms. The summed E-state index contributed by atoms with van der Waals surface area (Å²) < 4.78 is 84.3. The summed E-state index contributed by atoms with van der Waals surface area (Å²) in [6.45, 7) is 2.02. The number of ether oxygens (including phenoxy) is 2. The van der Waals surface area contributed by atoms with Crippen LogP contribution in [0.3, 0.4) is 0 Å². The van der Waals surface area contributed by atoms with Gasteiger partial charge in [-0.1, -0.05) is 6.07 Å². The van der Waals surface area contributed by atoms with Crippen molar-refractivity contribution in [3.63, 3.8) is 0 Å². The summed E-state index contributed by atoms with van der Waals surface area (Å²) in [5.74, 6) is -0.483. The lowest BCUT2D eigenvalue weighted by molar-refractivity contribution is -0.667. The van der Waals surface area contributed by atoms with E-state index in [0.717, 1.165) is 50.8 Å². The van der Waals surface area contributed by atoms with E-state index in [1.807, 2.05) is 11.6 Å². The van der Waals surface area contributed by atoms with Crippen molar-refractivity contribution >= 4 is 27.5 Å². The second-order valence-corrected chi connectivity index (χ2v) is 15.4. The molecule has 52 heavy (non-hydrogen) atoms. The molecule has 4 aromatic rings. The van der Waals surface area contributed by atoms with Gasteiger partial charge >= 0.3 is 12.2 Å². The summed E-state index contributed by atoms with van der Waals surface area (Å²) in [4.78, 5) is 14.3. The molecule has 5 aliphatic heterocycles. The molecule has 5 aliphatic rings. The minimum absolute atomic E-state index is 0.00845. The molecule has 4 fully saturated rings. The fraction of sp³-hybridized carbons (Fsp3) is 0.553. The van der Waals surface area contributed by atoms with Crippen molar-refractivity contribution in [2.75, 3.05) is 37.8 Å². The van der Waals surface area contributed by atoms with Gasteiger partial charge in [-0.15, -0.1) is 0 Å². The van der Waals surface area contributed by atoms with Crippen LogP contribution in [0, 0.1) is 18.6 Å². The molecule has 0 amide bonds. The number of nitrogens with one attached hydrogen (secondary N) is 1. The van der Waals surface area contributed by atoms with Crippen molar-refractivity contribution in [3.05, 3.63) is 47.2 Å². The van der Waals surface area contributed by atoms with Gasteiger partial charge in [-0.25, -0.2) is 4.39 Å². The van der Waals surface area contributed by atoms with Crippen molar-refractivity contribution in [1.29, 1.82) is 0 Å². The average Bonchev–Trinajstić information content (AvgIpc) is 3.76. The van der Waals surface area contributed by atoms with E-state index in [1.165, 1.54) is 12.1 Å². The van der Waals surface area contributed by atoms with E-state index in [0.29, 0.717) is 52.5 Å². The largest absolute Gasteiger partial charge is 0.508 e. The molecular weight excluding hydrogens is 683 g/mol. The molecule has 2 aromatic carbocycles. The molecule has 9 nitrogen and oxygen atoms in total. The van der Waals surface area contributed by atoms with Crippen LogP contribution in [0.2, 0.25) is 0 Å². The zero-order chi connectivity index (χ0) is 36.1. The number of pyridine rings is 1. The van der Waals surface area contributed by atoms with Crippen LogP contribution in [0.4, 0.5) is 27.8 Å². The number of hydrogen-bond acceptors (Lipinski definition) is 8. The first-order valence-electron chi connectivity index (χ1n) is 18.3. The van der Waals surface area contributed by atoms with E-state index in [1.54, 1.807) is 19.1 Å². The minimum Gasteiger partial charge on any atom is -0.508 e. The Balaban J connectivity index is 1.16. The molecule has 0 spiro atoms. The number of anilines is 1. The molecule has 2 aromatic heterocycles. The van der Waals surface area contributed by atoms with Crippen molar-refractivity contribution < 1.29 is 41.1 Å². The van der Waals surface area contributed by atoms with Crippen LogP contribution >= 0.6 is 0 Å². The van der Waals surface area contributed by atoms with Crippen molar-refractivity contribution in [1.82, 2.24) is 20.2 Å². The van der Waals surface area contributed by atoms with Crippen LogP contribution in [0.25, 0.3) is 32.9 Å². The van der Waals surface area contributed by atoms with Gasteiger partial charge in [-0.3, -0.25) is 4.90 Å². The molecule has 7 heterocycles. The Morgan fingerprint density at radius 3 is 2.75 bits per heavy atom. The highest BCUT2D eigenvalue weighted by atomic mass is 19.4. The van der Waals surface area contributed by atoms with E-state index < -0.39 is 30.0 Å². The van der Waals surface area contributed by atoms with Crippen molar-refractivity contribution in [2.24, 2.45) is 7.05 Å². The maximum atomic E-state index is 17.5. The Hall–Kier alpha value is -3.88. The normalized spacial score (nSPS) is 27.0. The Morgan fingerprint density at radius 2 is 1.92 bits per heavy atom. The van der Waals surface area contributed by atoms with E-state index in [9.17, 15) is 18.3 Å². The first kappa shape index (κ1) is 33.9. The standard InChI is InChI=1S/C38H41F5N6O3/c1-20-26(39)6-4-21-14-24(50)15-25(30(20)21)34-32(40)33-31-29(47(34)2)9-8-28-27-7-5-22(44-27)16-48(28)35(31)46-36(45-33)52-18-37-11-3-13-49(37)23(10-12-37)17-51-19-38(41,42)43/h4,6,14-15,22-23,27-28,44H,3,5,7-13,16-19H2,1-2H3/p+1/t22-,23+,27?,28-,37+/m1/s1. The number of piperazine rings is 1. The van der Waals surface area contributed by atoms with Crippen molar-refractivity contribution in [3.8, 4) is 23.0 Å². The molecule has 276 valence electrons. The quantitative estimate of drug-likeness (QED) is 0.184. The fourth-order valence-corrected chi connectivity index (χ4v) is 10.1. The number of fused-ring (bicyclic) bond motifs is 7. The number of halogens is 5. The van der Waals surface area contributed by atoms with E-state index in [-0.39, 0.29) is 60.4 Å². The summed E-state index contributed by atoms with van der Waals surface area (Å²) in [5.41, 5.74) is 1.44. The number of rotatable bonds is 7. The monoisotopic (exact) mass is 725 g/mol. The zero-order valence-electron chi connectivity index (χ0n) is 29.2. The number of alkyl halides is 3. The number of hydrogen-bond donors (Lipinski definition) is 2. The predicted molar refractivity (Wildman–Crippen MR) is 183 cm³/mol. The van der Waals surface area contributed by atoms with Crippen LogP contribution in [-0.2, 0) is 18.2 Å². The number of aromatic nitrogens is 3. The van der Waals surface area contributed by atoms with E-state index in [2.05, 4.69) is 15.1 Å². The molecule has 0 aliphatic carbocycles. The molecule has 1 unspecified atom stereocenters. The zero-order valence-corrected chi connectivity index (χ0v) is 29.2. The number of aryl methyl sites for hydroxylation is 2. The average molecular weight is 726 g/mol. The van der Waals surface area contributed by atoms with Gasteiger partial charge in [-0.2, -0.15) is 32.1 Å². The summed E-state index contributed by atoms with van der Waals surface area (Å²) in [7, 11) is 1.81. The SMILES string of the molecule is Cc1c(F)ccc2cc(O)cc(-c3c(F)c4nc(OC[C@@]56CCCN5[C@H](COCC(F)(F)F)CC6)nc5c4c([n+]3C)CC[C@@H]3C4CC[C@H](CN53)N4)c12. The van der Waals surface area contributed by atoms with Gasteiger partial charge in [0.25, 0.3) is 5.69 Å². The number of phenolic OH excluding ortho intramolecular Hbond substituents is 1. The smallest absolute Gasteiger partial charge is 0.411 e. The summed E-state index contributed by atoms with van der Waals surface area (Å²) >= 11 is 0. The van der Waals surface area contributed by atoms with Gasteiger partial charge in [0, 0.05) is 42.5 Å². The van der Waals surface area contributed by atoms with Gasteiger partial charge in [0.1, 0.15) is 42.7 Å². The van der Waals surface area contributed by atoms with E-state index in [4.69, 9.17) is 19.4 Å². The summed E-state index contributed by atoms with van der Waals surface area (Å²) in [5, 5.41) is 16.3. The van der Waals surface area contributed by atoms with Gasteiger partial charge in [0.2, 0.25) is 5.82 Å². The Kier molecular flexibility index (Phi) is 8.05. The van der Waals surface area contributed by atoms with Crippen LogP contribution in [0.5, 0.6) is 11.8 Å². The maximum absolute atomic E-state index is 17.5. The number of phenols is 1. The Bertz CT molecular complexity index is 2100. The molecule has 0 radical (unpaired) electrons. The lowest BCUT2D eigenvalue weighted by Gasteiger charge is -2.41. The summed E-state index contributed by atoms with van der Waals surface area (Å²) in [6, 6.07) is 6.52. The lowest BCUT2D eigenvalue weighted by Crippen LogP contribution is -2.58. The molecule has 9 rings (SSSR count). The fourth-order valence-electron chi connectivity index (χ4n) is 10.1. The van der Waals surface area contributed by atoms with Crippen molar-refractivity contribution in [2.45, 2.75) is 94.2 Å². The Morgan fingerprint density at radius 1 is 1.08 bits per heavy atom. The third-order valence-corrected chi connectivity index (χ3v) is 12.5. The van der Waals surface area contributed by atoms with Crippen LogP contribution in [0.15, 0.2) is 24.3 Å². The summed E-state index contributed by atoms with van der Waals surface area (Å²) in [6.07, 6.45) is 2.25. The van der Waals surface area contributed by atoms with Gasteiger partial charge in [0.15, 0.2) is 11.5 Å². The van der Waals surface area contributed by atoms with E-state index >= 15 is 8.78 Å². The van der Waals surface area contributed by atoms with Gasteiger partial charge < -0.3 is 24.8 Å².